The van der Waals surface area contributed by atoms with Gasteiger partial charge in [-0.15, -0.1) is 0 Å². The van der Waals surface area contributed by atoms with E-state index in [-0.39, 0.29) is 17.0 Å². The van der Waals surface area contributed by atoms with Gasteiger partial charge in [0.25, 0.3) is 0 Å². The third kappa shape index (κ3) is 5.40. The quantitative estimate of drug-likeness (QED) is 0.179. The van der Waals surface area contributed by atoms with Crippen LogP contribution in [0.1, 0.15) is 12.5 Å². The fourth-order valence-corrected chi connectivity index (χ4v) is 8.31. The number of rotatable bonds is 2. The molecule has 43 heavy (non-hydrogen) atoms. The van der Waals surface area contributed by atoms with Gasteiger partial charge in [0.05, 0.1) is 36.9 Å². The van der Waals surface area contributed by atoms with E-state index in [1.165, 1.54) is 23.5 Å². The molecule has 1 aromatic carbocycles. The van der Waals surface area contributed by atoms with E-state index in [1.54, 1.807) is 28.8 Å². The number of benzene rings is 1. The number of nitrogens with zero attached hydrogens (tertiary/aromatic N) is 6. The van der Waals surface area contributed by atoms with Crippen molar-refractivity contribution in [3.63, 3.8) is 0 Å². The highest BCUT2D eigenvalue weighted by Gasteiger charge is 2.53. The highest BCUT2D eigenvalue weighted by molar-refractivity contribution is 8.44. The maximum atomic E-state index is 16.0. The third-order valence-corrected chi connectivity index (χ3v) is 10.5. The fraction of sp³-hybridized carbons (Fsp3) is 0.455. The second-order valence-electron chi connectivity index (χ2n) is 9.96. The summed E-state index contributed by atoms with van der Waals surface area (Å²) in [4.78, 5) is 16.4. The van der Waals surface area contributed by atoms with E-state index >= 15 is 4.39 Å². The van der Waals surface area contributed by atoms with Crippen molar-refractivity contribution in [2.45, 2.75) is 49.1 Å². The minimum atomic E-state index is -4.30. The zero-order valence-electron chi connectivity index (χ0n) is 21.7. The van der Waals surface area contributed by atoms with Crippen LogP contribution in [0.15, 0.2) is 43.2 Å². The second kappa shape index (κ2) is 11.0. The van der Waals surface area contributed by atoms with Crippen LogP contribution in [0.4, 0.5) is 10.2 Å². The van der Waals surface area contributed by atoms with E-state index in [0.29, 0.717) is 11.0 Å². The number of fused-ring (bicyclic) bond motifs is 4. The van der Waals surface area contributed by atoms with Crippen molar-refractivity contribution in [1.29, 1.82) is 0 Å². The zero-order chi connectivity index (χ0) is 30.1. The molecule has 0 radical (unpaired) electrons. The Morgan fingerprint density at radius 2 is 1.56 bits per heavy atom. The number of para-hydroxylation sites is 2. The van der Waals surface area contributed by atoms with E-state index in [9.17, 15) is 14.2 Å². The summed E-state index contributed by atoms with van der Waals surface area (Å²) in [7, 11) is 0. The maximum Gasteiger partial charge on any atom is 0.386 e. The van der Waals surface area contributed by atoms with Crippen molar-refractivity contribution >= 4 is 66.1 Å². The average molecular weight is 676 g/mol. The van der Waals surface area contributed by atoms with E-state index in [2.05, 4.69) is 44.4 Å². The minimum absolute atomic E-state index is 0.0723. The number of nitrogen functional groups attached to an aromatic ring is 1. The van der Waals surface area contributed by atoms with Gasteiger partial charge < -0.3 is 24.9 Å². The molecule has 3 saturated heterocycles. The molecule has 3 aliphatic rings. The van der Waals surface area contributed by atoms with Crippen LogP contribution in [-0.4, -0.2) is 84.1 Å². The first-order valence-electron chi connectivity index (χ1n) is 12.8. The molecule has 4 aromatic rings. The van der Waals surface area contributed by atoms with Gasteiger partial charge >= 0.3 is 13.6 Å². The molecule has 3 N–H and O–H groups in total. The molecule has 0 bridgehead atoms. The third-order valence-electron chi connectivity index (χ3n) is 7.31. The van der Waals surface area contributed by atoms with Crippen LogP contribution in [0.5, 0.6) is 0 Å². The van der Waals surface area contributed by atoms with Crippen LogP contribution in [-0.2, 0) is 36.7 Å². The fourth-order valence-electron chi connectivity index (χ4n) is 5.33. The van der Waals surface area contributed by atoms with E-state index < -0.39 is 76.0 Å². The van der Waals surface area contributed by atoms with Gasteiger partial charge in [-0.2, -0.15) is 0 Å². The Kier molecular flexibility index (Phi) is 7.58. The Morgan fingerprint density at radius 1 is 0.907 bits per heavy atom. The largest absolute Gasteiger partial charge is 0.386 e. The number of aliphatic hydroxyl groups is 1. The number of anilines is 1. The Labute approximate surface area is 252 Å². The Morgan fingerprint density at radius 3 is 2.33 bits per heavy atom. The Hall–Kier alpha value is -2.15. The Bertz CT molecular complexity index is 1780. The molecular weight excluding hydrogens is 651 g/mol. The number of thiol groups is 2. The lowest BCUT2D eigenvalue weighted by Gasteiger charge is -2.28. The molecule has 10 atom stereocenters. The maximum absolute atomic E-state index is 16.0. The molecule has 3 aromatic heterocycles. The number of aliphatic hydroxyl groups excluding tert-OH is 1. The van der Waals surface area contributed by atoms with Crippen molar-refractivity contribution in [3.05, 3.63) is 43.2 Å². The molecule has 3 aliphatic heterocycles. The molecule has 16 nitrogen and oxygen atoms in total. The van der Waals surface area contributed by atoms with Crippen LogP contribution < -0.4 is 5.73 Å². The number of imidazole rings is 2. The van der Waals surface area contributed by atoms with E-state index in [0.717, 1.165) is 0 Å². The van der Waals surface area contributed by atoms with Crippen molar-refractivity contribution in [2.75, 3.05) is 18.9 Å². The molecule has 6 heterocycles. The van der Waals surface area contributed by atoms with Gasteiger partial charge in [-0.25, -0.2) is 33.5 Å². The number of nitrogens with two attached hydrogens (primary N) is 1. The molecule has 7 rings (SSSR count). The molecule has 3 fully saturated rings. The van der Waals surface area contributed by atoms with E-state index in [1.807, 2.05) is 0 Å². The molecule has 21 heteroatoms. The van der Waals surface area contributed by atoms with Crippen molar-refractivity contribution in [3.8, 4) is 0 Å². The summed E-state index contributed by atoms with van der Waals surface area (Å²) >= 11 is 8.12. The lowest BCUT2D eigenvalue weighted by atomic mass is 10.1. The van der Waals surface area contributed by atoms with Crippen molar-refractivity contribution < 1.29 is 46.2 Å². The summed E-state index contributed by atoms with van der Waals surface area (Å²) in [6, 6.07) is 7.15. The molecule has 0 spiro atoms. The number of hydrogen-bond acceptors (Lipinski definition) is 14. The summed E-state index contributed by atoms with van der Waals surface area (Å²) < 4.78 is 79.5. The molecular formula is C22H24FN7O9P2S2. The molecule has 0 aliphatic carbocycles. The number of hydrogen-bond donors (Lipinski definition) is 4. The summed E-state index contributed by atoms with van der Waals surface area (Å²) in [6.07, 6.45) is -7.31. The topological polar surface area (TPSA) is 197 Å². The number of halogens is 1. The summed E-state index contributed by atoms with van der Waals surface area (Å²) in [5, 5.41) is 11.2. The van der Waals surface area contributed by atoms with Gasteiger partial charge in [0.2, 0.25) is 0 Å². The average Bonchev–Trinajstić information content (AvgIpc) is 3.72. The lowest BCUT2D eigenvalue weighted by Crippen LogP contribution is -2.37. The van der Waals surface area contributed by atoms with Crippen molar-refractivity contribution in [2.24, 2.45) is 0 Å². The van der Waals surface area contributed by atoms with Crippen LogP contribution >= 0.6 is 38.1 Å². The van der Waals surface area contributed by atoms with Gasteiger partial charge in [-0.1, -0.05) is 36.6 Å². The van der Waals surface area contributed by atoms with Crippen LogP contribution in [0.2, 0.25) is 0 Å². The lowest BCUT2D eigenvalue weighted by molar-refractivity contribution is -0.0554. The smallest absolute Gasteiger partial charge is 0.386 e. The normalized spacial score (nSPS) is 38.9. The monoisotopic (exact) mass is 675 g/mol. The predicted molar refractivity (Wildman–Crippen MR) is 153 cm³/mol. The standard InChI is InChI=1S/C22H24FN7O9P2S2/c23-14-17-12(36-21(14)30-9-28-15-19(24)25-7-26-20(15)30)5-34-41(33,43)39-18-13(6-35-40(32,42)38-17)37-22(16(18)31)29-8-27-10-3-1-2-4-11(10)29/h1-4,7-9,12-14,16-18,21-22,31H,5-6H2,(H,32,42)(H,33,43)(H2,24,25,26)/t12-,13-,14?,16?,17?,18?,21-,22-,40?,41?/m1/s1. The highest BCUT2D eigenvalue weighted by Crippen LogP contribution is 2.60. The molecule has 0 saturated carbocycles. The van der Waals surface area contributed by atoms with Gasteiger partial charge in [-0.3, -0.25) is 22.7 Å². The van der Waals surface area contributed by atoms with E-state index in [4.69, 9.17) is 33.3 Å². The minimum Gasteiger partial charge on any atom is -0.386 e. The highest BCUT2D eigenvalue weighted by atomic mass is 32.7. The molecule has 6 unspecified atom stereocenters. The van der Waals surface area contributed by atoms with Gasteiger partial charge in [0.15, 0.2) is 30.1 Å². The first-order chi connectivity index (χ1) is 20.5. The van der Waals surface area contributed by atoms with Crippen LogP contribution in [0, 0.1) is 0 Å². The summed E-state index contributed by atoms with van der Waals surface area (Å²) in [6.45, 7) is -9.65. The molecule has 230 valence electrons. The number of alkyl halides is 1. The summed E-state index contributed by atoms with van der Waals surface area (Å²) in [5.74, 6) is 0.0723. The van der Waals surface area contributed by atoms with Crippen LogP contribution in [0.3, 0.4) is 0 Å². The SMILES string of the molecule is Nc1ncnc2c1ncn2[C@@H]1O[C@@H]2COP(=O)(S)OC3C(O)[C@H](n4cnc5ccccc54)O[C@@H]3COP(=O)(S)OC2C1F. The van der Waals surface area contributed by atoms with Crippen LogP contribution in [0.25, 0.3) is 22.2 Å². The van der Waals surface area contributed by atoms with Crippen molar-refractivity contribution in [1.82, 2.24) is 29.1 Å². The second-order valence-corrected chi connectivity index (χ2v) is 15.7. The van der Waals surface area contributed by atoms with Gasteiger partial charge in [0, 0.05) is 0 Å². The Balaban J connectivity index is 1.16. The first-order valence-corrected chi connectivity index (χ1v) is 18.2. The predicted octanol–water partition coefficient (Wildman–Crippen LogP) is 2.85. The zero-order valence-corrected chi connectivity index (χ0v) is 25.3. The first kappa shape index (κ1) is 29.6. The number of ether oxygens (including phenoxy) is 2. The number of aromatic nitrogens is 6. The molecule has 0 amide bonds. The van der Waals surface area contributed by atoms with Gasteiger partial charge in [-0.05, 0) is 12.1 Å². The van der Waals surface area contributed by atoms with Gasteiger partial charge in [0.1, 0.15) is 42.4 Å². The summed E-state index contributed by atoms with van der Waals surface area (Å²) in [5.41, 5.74) is 7.52.